The first-order chi connectivity index (χ1) is 10.5. The van der Waals surface area contributed by atoms with Crippen LogP contribution in [0.15, 0.2) is 0 Å². The van der Waals surface area contributed by atoms with Crippen LogP contribution < -0.4 is 4.72 Å². The van der Waals surface area contributed by atoms with Crippen LogP contribution in [0.5, 0.6) is 0 Å². The SMILES string of the molecule is CCN(CC)CCCNS(=O)(=O)C[C@H](C)COC1CCCC1. The number of nitrogens with one attached hydrogen (secondary N) is 1. The van der Waals surface area contributed by atoms with Crippen LogP contribution in [0.4, 0.5) is 0 Å². The highest BCUT2D eigenvalue weighted by Crippen LogP contribution is 2.21. The summed E-state index contributed by atoms with van der Waals surface area (Å²) >= 11 is 0. The quantitative estimate of drug-likeness (QED) is 0.556. The Labute approximate surface area is 136 Å². The number of hydrogen-bond acceptors (Lipinski definition) is 4. The van der Waals surface area contributed by atoms with E-state index in [4.69, 9.17) is 4.74 Å². The van der Waals surface area contributed by atoms with E-state index >= 15 is 0 Å². The molecule has 0 aromatic heterocycles. The molecule has 0 amide bonds. The molecule has 0 aromatic carbocycles. The fourth-order valence-corrected chi connectivity index (χ4v) is 4.33. The first kappa shape index (κ1) is 19.9. The molecular weight excluding hydrogens is 300 g/mol. The lowest BCUT2D eigenvalue weighted by Crippen LogP contribution is -2.33. The smallest absolute Gasteiger partial charge is 0.211 e. The molecule has 0 unspecified atom stereocenters. The zero-order valence-corrected chi connectivity index (χ0v) is 15.3. The van der Waals surface area contributed by atoms with Crippen molar-refractivity contribution in [1.29, 1.82) is 0 Å². The average Bonchev–Trinajstić information content (AvgIpc) is 2.98. The molecule has 0 saturated heterocycles. The van der Waals surface area contributed by atoms with Crippen molar-refractivity contribution >= 4 is 10.0 Å². The van der Waals surface area contributed by atoms with E-state index in [0.29, 0.717) is 19.3 Å². The molecular formula is C16H34N2O3S. The molecule has 0 aromatic rings. The molecule has 1 aliphatic carbocycles. The van der Waals surface area contributed by atoms with Gasteiger partial charge in [0.05, 0.1) is 18.5 Å². The molecule has 1 saturated carbocycles. The minimum Gasteiger partial charge on any atom is -0.378 e. The molecule has 0 radical (unpaired) electrons. The van der Waals surface area contributed by atoms with Crippen molar-refractivity contribution in [1.82, 2.24) is 9.62 Å². The van der Waals surface area contributed by atoms with Gasteiger partial charge in [-0.3, -0.25) is 0 Å². The standard InChI is InChI=1S/C16H34N2O3S/c1-4-18(5-2)12-8-11-17-22(19,20)14-15(3)13-21-16-9-6-7-10-16/h15-17H,4-14H2,1-3H3/t15-/m1/s1. The summed E-state index contributed by atoms with van der Waals surface area (Å²) in [6.45, 7) is 10.2. The van der Waals surface area contributed by atoms with Gasteiger partial charge in [0.1, 0.15) is 0 Å². The summed E-state index contributed by atoms with van der Waals surface area (Å²) in [6, 6.07) is 0. The fourth-order valence-electron chi connectivity index (χ4n) is 2.91. The van der Waals surface area contributed by atoms with E-state index in [2.05, 4.69) is 23.5 Å². The van der Waals surface area contributed by atoms with E-state index in [1.807, 2.05) is 6.92 Å². The third-order valence-corrected chi connectivity index (χ3v) is 5.94. The highest BCUT2D eigenvalue weighted by molar-refractivity contribution is 7.89. The zero-order chi connectivity index (χ0) is 16.4. The maximum absolute atomic E-state index is 12.0. The van der Waals surface area contributed by atoms with E-state index in [-0.39, 0.29) is 11.7 Å². The van der Waals surface area contributed by atoms with Gasteiger partial charge in [-0.25, -0.2) is 13.1 Å². The van der Waals surface area contributed by atoms with Gasteiger partial charge in [0.15, 0.2) is 0 Å². The molecule has 132 valence electrons. The summed E-state index contributed by atoms with van der Waals surface area (Å²) in [5.74, 6) is 0.200. The lowest BCUT2D eigenvalue weighted by molar-refractivity contribution is 0.0412. The van der Waals surface area contributed by atoms with Crippen molar-refractivity contribution in [3.8, 4) is 0 Å². The van der Waals surface area contributed by atoms with Gasteiger partial charge in [0.25, 0.3) is 0 Å². The summed E-state index contributed by atoms with van der Waals surface area (Å²) in [4.78, 5) is 2.30. The van der Waals surface area contributed by atoms with Crippen LogP contribution in [0.3, 0.4) is 0 Å². The Morgan fingerprint density at radius 1 is 1.23 bits per heavy atom. The molecule has 1 N–H and O–H groups in total. The van der Waals surface area contributed by atoms with Crippen LogP contribution in [-0.4, -0.2) is 58.0 Å². The molecule has 0 heterocycles. The van der Waals surface area contributed by atoms with Crippen molar-refractivity contribution in [3.05, 3.63) is 0 Å². The Morgan fingerprint density at radius 2 is 1.86 bits per heavy atom. The minimum atomic E-state index is -3.19. The predicted molar refractivity (Wildman–Crippen MR) is 91.6 cm³/mol. The van der Waals surface area contributed by atoms with E-state index < -0.39 is 10.0 Å². The molecule has 1 rings (SSSR count). The average molecular weight is 335 g/mol. The van der Waals surface area contributed by atoms with E-state index in [0.717, 1.165) is 38.9 Å². The van der Waals surface area contributed by atoms with Gasteiger partial charge in [-0.1, -0.05) is 33.6 Å². The molecule has 0 bridgehead atoms. The monoisotopic (exact) mass is 334 g/mol. The van der Waals surface area contributed by atoms with Gasteiger partial charge in [0.2, 0.25) is 10.0 Å². The van der Waals surface area contributed by atoms with Gasteiger partial charge < -0.3 is 9.64 Å². The Hall–Kier alpha value is -0.170. The molecule has 5 nitrogen and oxygen atoms in total. The first-order valence-corrected chi connectivity index (χ1v) is 10.4. The van der Waals surface area contributed by atoms with Crippen molar-refractivity contribution in [2.75, 3.05) is 38.5 Å². The van der Waals surface area contributed by atoms with Gasteiger partial charge in [0, 0.05) is 6.54 Å². The summed E-state index contributed by atoms with van der Waals surface area (Å²) < 4.78 is 32.6. The van der Waals surface area contributed by atoms with Gasteiger partial charge in [-0.05, 0) is 44.8 Å². The summed E-state index contributed by atoms with van der Waals surface area (Å²) in [6.07, 6.45) is 5.95. The van der Waals surface area contributed by atoms with E-state index in [1.54, 1.807) is 0 Å². The van der Waals surface area contributed by atoms with Crippen molar-refractivity contribution < 1.29 is 13.2 Å². The second-order valence-corrected chi connectivity index (χ2v) is 8.25. The van der Waals surface area contributed by atoms with Crippen molar-refractivity contribution in [3.63, 3.8) is 0 Å². The fraction of sp³-hybridized carbons (Fsp3) is 1.00. The second-order valence-electron chi connectivity index (χ2n) is 6.40. The maximum Gasteiger partial charge on any atom is 0.211 e. The third kappa shape index (κ3) is 8.46. The highest BCUT2D eigenvalue weighted by Gasteiger charge is 2.19. The molecule has 1 aliphatic rings. The van der Waals surface area contributed by atoms with Crippen LogP contribution in [-0.2, 0) is 14.8 Å². The number of hydrogen-bond donors (Lipinski definition) is 1. The predicted octanol–water partition coefficient (Wildman–Crippen LogP) is 2.23. The molecule has 6 heteroatoms. The van der Waals surface area contributed by atoms with Crippen LogP contribution in [0, 0.1) is 5.92 Å². The normalized spacial score (nSPS) is 18.2. The Balaban J connectivity index is 2.16. The van der Waals surface area contributed by atoms with Crippen LogP contribution in [0.2, 0.25) is 0 Å². The molecule has 22 heavy (non-hydrogen) atoms. The maximum atomic E-state index is 12.0. The van der Waals surface area contributed by atoms with Gasteiger partial charge >= 0.3 is 0 Å². The number of rotatable bonds is 12. The van der Waals surface area contributed by atoms with Crippen LogP contribution >= 0.6 is 0 Å². The van der Waals surface area contributed by atoms with Gasteiger partial charge in [-0.15, -0.1) is 0 Å². The summed E-state index contributed by atoms with van der Waals surface area (Å²) in [5.41, 5.74) is 0. The first-order valence-electron chi connectivity index (χ1n) is 8.78. The molecule has 1 fully saturated rings. The molecule has 1 atom stereocenters. The Kier molecular flexibility index (Phi) is 9.55. The minimum absolute atomic E-state index is 0.0425. The van der Waals surface area contributed by atoms with Gasteiger partial charge in [-0.2, -0.15) is 0 Å². The summed E-state index contributed by atoms with van der Waals surface area (Å²) in [7, 11) is -3.19. The number of nitrogens with zero attached hydrogens (tertiary/aromatic N) is 1. The van der Waals surface area contributed by atoms with Crippen LogP contribution in [0.1, 0.15) is 52.9 Å². The lowest BCUT2D eigenvalue weighted by Gasteiger charge is -2.18. The van der Waals surface area contributed by atoms with E-state index in [1.165, 1.54) is 12.8 Å². The van der Waals surface area contributed by atoms with Crippen molar-refractivity contribution in [2.45, 2.75) is 59.0 Å². The Bertz CT molecular complexity index is 377. The Morgan fingerprint density at radius 3 is 2.45 bits per heavy atom. The lowest BCUT2D eigenvalue weighted by atomic mass is 10.2. The number of ether oxygens (including phenoxy) is 1. The molecule has 0 aliphatic heterocycles. The topological polar surface area (TPSA) is 58.6 Å². The highest BCUT2D eigenvalue weighted by atomic mass is 32.2. The third-order valence-electron chi connectivity index (χ3n) is 4.29. The molecule has 0 spiro atoms. The zero-order valence-electron chi connectivity index (χ0n) is 14.5. The van der Waals surface area contributed by atoms with E-state index in [9.17, 15) is 8.42 Å². The second kappa shape index (κ2) is 10.6. The van der Waals surface area contributed by atoms with Crippen LogP contribution in [0.25, 0.3) is 0 Å². The largest absolute Gasteiger partial charge is 0.378 e. The summed E-state index contributed by atoms with van der Waals surface area (Å²) in [5, 5.41) is 0. The number of sulfonamides is 1. The van der Waals surface area contributed by atoms with Crippen molar-refractivity contribution in [2.24, 2.45) is 5.92 Å².